The van der Waals surface area contributed by atoms with Crippen LogP contribution in [0.25, 0.3) is 0 Å². The highest BCUT2D eigenvalue weighted by Crippen LogP contribution is 2.54. The summed E-state index contributed by atoms with van der Waals surface area (Å²) < 4.78 is 2.53. The third-order valence-corrected chi connectivity index (χ3v) is 5.12. The number of allylic oxidation sites excluding steroid dienone is 2. The Bertz CT molecular complexity index is 552. The van der Waals surface area contributed by atoms with Crippen molar-refractivity contribution in [1.82, 2.24) is 0 Å². The summed E-state index contributed by atoms with van der Waals surface area (Å²) in [7, 11) is 2.28. The van der Waals surface area contributed by atoms with Crippen LogP contribution >= 0.6 is 0 Å². The molecule has 2 aliphatic carbocycles. The van der Waals surface area contributed by atoms with Crippen molar-refractivity contribution in [2.75, 3.05) is 7.05 Å². The molecule has 0 radical (unpaired) electrons. The lowest BCUT2D eigenvalue weighted by Crippen LogP contribution is -2.46. The van der Waals surface area contributed by atoms with Gasteiger partial charge < -0.3 is 0 Å². The van der Waals surface area contributed by atoms with E-state index in [9.17, 15) is 0 Å². The van der Waals surface area contributed by atoms with E-state index in [-0.39, 0.29) is 0 Å². The Morgan fingerprint density at radius 2 is 1.94 bits per heavy atom. The maximum atomic E-state index is 2.53. The molecule has 5 rings (SSSR count). The van der Waals surface area contributed by atoms with Crippen LogP contribution in [0.4, 0.5) is 0 Å². The molecule has 0 unspecified atom stereocenters. The van der Waals surface area contributed by atoms with Gasteiger partial charge in [-0.2, -0.15) is 0 Å². The second-order valence-electron chi connectivity index (χ2n) is 5.71. The summed E-state index contributed by atoms with van der Waals surface area (Å²) in [5.74, 6) is 2.19. The fraction of sp³-hybridized carbons (Fsp3) is 0.438. The van der Waals surface area contributed by atoms with Crippen LogP contribution < -0.4 is 0 Å². The van der Waals surface area contributed by atoms with Gasteiger partial charge >= 0.3 is 0 Å². The molecule has 4 aliphatic rings. The molecule has 0 saturated carbocycles. The maximum absolute atomic E-state index is 2.53. The molecule has 86 valence electrons. The molecular weight excluding hydrogens is 206 g/mol. The van der Waals surface area contributed by atoms with Gasteiger partial charge in [0.1, 0.15) is 7.05 Å². The molecule has 1 aromatic carbocycles. The zero-order chi connectivity index (χ0) is 11.6. The Morgan fingerprint density at radius 1 is 1.18 bits per heavy atom. The normalized spacial score (nSPS) is 37.3. The average molecular weight is 224 g/mol. The lowest BCUT2D eigenvalue weighted by molar-refractivity contribution is -0.566. The van der Waals surface area contributed by atoms with Crippen LogP contribution in [0.5, 0.6) is 0 Å². The zero-order valence-electron chi connectivity index (χ0n) is 10.4. The Hall–Kier alpha value is -1.37. The molecule has 17 heavy (non-hydrogen) atoms. The summed E-state index contributed by atoms with van der Waals surface area (Å²) in [4.78, 5) is 0. The predicted octanol–water partition coefficient (Wildman–Crippen LogP) is 3.13. The molecule has 0 fully saturated rings. The number of nitrogens with zero attached hydrogens (tertiary/aromatic N) is 1. The fourth-order valence-electron chi connectivity index (χ4n) is 4.33. The summed E-state index contributed by atoms with van der Waals surface area (Å²) >= 11 is 0. The molecule has 1 nitrogen and oxygen atoms in total. The first-order valence-electron chi connectivity index (χ1n) is 6.61. The molecule has 2 bridgehead atoms. The molecule has 1 aromatic rings. The monoisotopic (exact) mass is 224 g/mol. The molecule has 0 saturated heterocycles. The molecule has 0 N–H and O–H groups in total. The van der Waals surface area contributed by atoms with E-state index in [4.69, 9.17) is 0 Å². The van der Waals surface area contributed by atoms with Crippen molar-refractivity contribution in [3.05, 3.63) is 47.5 Å². The van der Waals surface area contributed by atoms with Crippen LogP contribution in [0.1, 0.15) is 36.4 Å². The molecule has 2 heterocycles. The minimum absolute atomic E-state index is 0.608. The first kappa shape index (κ1) is 9.64. The van der Waals surface area contributed by atoms with E-state index in [0.29, 0.717) is 12.0 Å². The minimum Gasteiger partial charge on any atom is -0.232 e. The molecule has 1 heteroatoms. The highest BCUT2D eigenvalue weighted by molar-refractivity contribution is 5.87. The number of benzene rings is 1. The largest absolute Gasteiger partial charge is 0.232 e. The Balaban J connectivity index is 2.01. The van der Waals surface area contributed by atoms with E-state index >= 15 is 0 Å². The predicted molar refractivity (Wildman–Crippen MR) is 69.5 cm³/mol. The van der Waals surface area contributed by atoms with Gasteiger partial charge in [0.25, 0.3) is 0 Å². The van der Waals surface area contributed by atoms with Crippen LogP contribution in [-0.4, -0.2) is 17.3 Å². The maximum Gasteiger partial charge on any atom is 0.181 e. The Labute approximate surface area is 102 Å². The van der Waals surface area contributed by atoms with Gasteiger partial charge in [-0.3, -0.25) is 0 Å². The highest BCUT2D eigenvalue weighted by atomic mass is 15.1. The SMILES string of the molecule is CC1=[N+](C)[C@@H]2c3ccccc3[C@H]1[C@H]1C=CC[C@H]12. The summed E-state index contributed by atoms with van der Waals surface area (Å²) in [6, 6.07) is 9.67. The van der Waals surface area contributed by atoms with Crippen LogP contribution in [0.15, 0.2) is 36.4 Å². The number of hydrogen-bond donors (Lipinski definition) is 0. The molecule has 0 aromatic heterocycles. The van der Waals surface area contributed by atoms with Gasteiger partial charge in [-0.25, -0.2) is 4.58 Å². The van der Waals surface area contributed by atoms with E-state index < -0.39 is 0 Å². The van der Waals surface area contributed by atoms with Crippen molar-refractivity contribution in [1.29, 1.82) is 0 Å². The second-order valence-corrected chi connectivity index (χ2v) is 5.71. The van der Waals surface area contributed by atoms with Crippen LogP contribution in [0, 0.1) is 11.8 Å². The van der Waals surface area contributed by atoms with E-state index in [0.717, 1.165) is 11.8 Å². The van der Waals surface area contributed by atoms with Gasteiger partial charge in [0.2, 0.25) is 0 Å². The van der Waals surface area contributed by atoms with Crippen LogP contribution in [0.3, 0.4) is 0 Å². The van der Waals surface area contributed by atoms with Crippen LogP contribution in [-0.2, 0) is 0 Å². The standard InChI is InChI=1S/C16H18N/c1-10-15-11-6-3-4-7-13(11)16(17(10)2)14-9-5-8-12(14)15/h3-8,12,14-16H,9H2,1-2H3/q+1/t12-,14+,15-,16+/m0/s1. The van der Waals surface area contributed by atoms with Gasteiger partial charge in [-0.1, -0.05) is 36.4 Å². The topological polar surface area (TPSA) is 3.01 Å². The van der Waals surface area contributed by atoms with E-state index in [2.05, 4.69) is 55.0 Å². The van der Waals surface area contributed by atoms with Gasteiger partial charge in [0.15, 0.2) is 11.8 Å². The van der Waals surface area contributed by atoms with Gasteiger partial charge in [-0.05, 0) is 12.0 Å². The van der Waals surface area contributed by atoms with Crippen molar-refractivity contribution >= 4 is 5.71 Å². The van der Waals surface area contributed by atoms with Gasteiger partial charge in [-0.15, -0.1) is 0 Å². The summed E-state index contributed by atoms with van der Waals surface area (Å²) in [6.45, 7) is 2.32. The average Bonchev–Trinajstić information content (AvgIpc) is 2.82. The summed E-state index contributed by atoms with van der Waals surface area (Å²) in [5, 5.41) is 0. The van der Waals surface area contributed by atoms with E-state index in [1.807, 2.05) is 0 Å². The lowest BCUT2D eigenvalue weighted by atomic mass is 9.63. The van der Waals surface area contributed by atoms with Crippen molar-refractivity contribution in [2.24, 2.45) is 11.8 Å². The van der Waals surface area contributed by atoms with Gasteiger partial charge in [0, 0.05) is 24.3 Å². The third-order valence-electron chi connectivity index (χ3n) is 5.12. The van der Waals surface area contributed by atoms with Crippen molar-refractivity contribution in [3.8, 4) is 0 Å². The number of rotatable bonds is 0. The first-order chi connectivity index (χ1) is 8.29. The molecule has 0 amide bonds. The highest BCUT2D eigenvalue weighted by Gasteiger charge is 2.53. The lowest BCUT2D eigenvalue weighted by Gasteiger charge is -2.43. The van der Waals surface area contributed by atoms with E-state index in [1.54, 1.807) is 16.8 Å². The first-order valence-corrected chi connectivity index (χ1v) is 6.61. The van der Waals surface area contributed by atoms with Crippen molar-refractivity contribution in [3.63, 3.8) is 0 Å². The van der Waals surface area contributed by atoms with E-state index in [1.165, 1.54) is 6.42 Å². The third kappa shape index (κ3) is 1.03. The summed E-state index contributed by atoms with van der Waals surface area (Å²) in [5.41, 5.74) is 4.72. The molecule has 4 atom stereocenters. The second kappa shape index (κ2) is 3.10. The number of hydrogen-bond acceptors (Lipinski definition) is 0. The van der Waals surface area contributed by atoms with Crippen molar-refractivity contribution < 1.29 is 4.58 Å². The minimum atomic E-state index is 0.608. The molecule has 2 aliphatic heterocycles. The zero-order valence-corrected chi connectivity index (χ0v) is 10.4. The van der Waals surface area contributed by atoms with Crippen LogP contribution in [0.2, 0.25) is 0 Å². The smallest absolute Gasteiger partial charge is 0.181 e. The quantitative estimate of drug-likeness (QED) is 0.470. The summed E-state index contributed by atoms with van der Waals surface area (Å²) in [6.07, 6.45) is 6.13. The molecular formula is C16H18N+. The Kier molecular flexibility index (Phi) is 1.76. The Morgan fingerprint density at radius 3 is 2.76 bits per heavy atom. The molecule has 0 spiro atoms. The fourth-order valence-corrected chi connectivity index (χ4v) is 4.33. The van der Waals surface area contributed by atoms with Crippen molar-refractivity contribution in [2.45, 2.75) is 25.3 Å². The van der Waals surface area contributed by atoms with Gasteiger partial charge in [0.05, 0.1) is 5.92 Å².